The monoisotopic (exact) mass is 684 g/mol. The Kier molecular flexibility index (Phi) is 6.04. The number of rotatable bonds is 4. The Morgan fingerprint density at radius 2 is 0.889 bits per heavy atom. The van der Waals surface area contributed by atoms with Gasteiger partial charge in [0.15, 0.2) is 0 Å². The smallest absolute Gasteiger partial charge is 0.136 e. The van der Waals surface area contributed by atoms with Crippen molar-refractivity contribution >= 4 is 54.3 Å². The van der Waals surface area contributed by atoms with Crippen molar-refractivity contribution in [1.82, 2.24) is 0 Å². The standard InChI is InChI=1S/C53H32O/c1-4-12-33(13-5-1)39-25-20-34-23-28-42-40(26-21-35-22-27-41(39)49(34)50(35)42)36-24-29-44-48(32-36)54-47-31-30-46-51(52(44)47)43-18-10-11-19-45(43)53(46,37-14-6-2-7-15-37)38-16-8-3-9-17-38/h1-32H. The normalized spacial score (nSPS) is 13.3. The second-order valence-corrected chi connectivity index (χ2v) is 14.7. The molecule has 0 saturated carbocycles. The number of hydrogen-bond donors (Lipinski definition) is 0. The summed E-state index contributed by atoms with van der Waals surface area (Å²) in [4.78, 5) is 0. The summed E-state index contributed by atoms with van der Waals surface area (Å²) < 4.78 is 6.82. The van der Waals surface area contributed by atoms with E-state index in [9.17, 15) is 0 Å². The Morgan fingerprint density at radius 1 is 0.333 bits per heavy atom. The van der Waals surface area contributed by atoms with E-state index < -0.39 is 5.41 Å². The predicted octanol–water partition coefficient (Wildman–Crippen LogP) is 14.2. The molecule has 11 aromatic rings. The molecule has 1 aliphatic carbocycles. The van der Waals surface area contributed by atoms with Gasteiger partial charge in [0, 0.05) is 10.8 Å². The summed E-state index contributed by atoms with van der Waals surface area (Å²) in [6.07, 6.45) is 0. The molecular weight excluding hydrogens is 653 g/mol. The van der Waals surface area contributed by atoms with Gasteiger partial charge in [-0.05, 0) is 106 Å². The molecule has 0 N–H and O–H groups in total. The molecule has 0 aliphatic heterocycles. The van der Waals surface area contributed by atoms with E-state index in [1.165, 1.54) is 87.8 Å². The van der Waals surface area contributed by atoms with Crippen molar-refractivity contribution < 1.29 is 4.42 Å². The Morgan fingerprint density at radius 3 is 1.56 bits per heavy atom. The highest BCUT2D eigenvalue weighted by Crippen LogP contribution is 2.58. The minimum absolute atomic E-state index is 0.450. The van der Waals surface area contributed by atoms with Crippen molar-refractivity contribution in [3.63, 3.8) is 0 Å². The van der Waals surface area contributed by atoms with Crippen LogP contribution in [0.5, 0.6) is 0 Å². The summed E-state index contributed by atoms with van der Waals surface area (Å²) in [5, 5.41) is 10.0. The second kappa shape index (κ2) is 11.0. The molecular formula is C53H32O. The van der Waals surface area contributed by atoms with E-state index in [1.54, 1.807) is 0 Å². The van der Waals surface area contributed by atoms with Gasteiger partial charge in [-0.1, -0.05) is 176 Å². The molecule has 0 unspecified atom stereocenters. The van der Waals surface area contributed by atoms with Gasteiger partial charge in [0.1, 0.15) is 11.2 Å². The molecule has 1 heterocycles. The number of furan rings is 1. The largest absolute Gasteiger partial charge is 0.456 e. The van der Waals surface area contributed by atoms with Crippen LogP contribution in [0.3, 0.4) is 0 Å². The van der Waals surface area contributed by atoms with E-state index in [0.29, 0.717) is 0 Å². The lowest BCUT2D eigenvalue weighted by Gasteiger charge is -2.33. The molecule has 0 atom stereocenters. The summed E-state index contributed by atoms with van der Waals surface area (Å²) in [6, 6.07) is 71.3. The summed E-state index contributed by atoms with van der Waals surface area (Å²) in [7, 11) is 0. The molecule has 0 radical (unpaired) electrons. The van der Waals surface area contributed by atoms with Crippen LogP contribution in [0.1, 0.15) is 22.3 Å². The van der Waals surface area contributed by atoms with Gasteiger partial charge in [-0.25, -0.2) is 0 Å². The highest BCUT2D eigenvalue weighted by molar-refractivity contribution is 6.28. The third-order valence-corrected chi connectivity index (χ3v) is 12.1. The molecule has 12 rings (SSSR count). The molecule has 54 heavy (non-hydrogen) atoms. The minimum atomic E-state index is -0.450. The maximum Gasteiger partial charge on any atom is 0.136 e. The molecule has 1 heteroatoms. The van der Waals surface area contributed by atoms with Crippen LogP contribution in [-0.4, -0.2) is 0 Å². The average Bonchev–Trinajstić information content (AvgIpc) is 3.77. The molecule has 0 spiro atoms. The van der Waals surface area contributed by atoms with Gasteiger partial charge >= 0.3 is 0 Å². The Bertz CT molecular complexity index is 3200. The number of fused-ring (bicyclic) bond motifs is 7. The molecule has 0 amide bonds. The van der Waals surface area contributed by atoms with Gasteiger partial charge in [0.25, 0.3) is 0 Å². The molecule has 0 saturated heterocycles. The average molecular weight is 685 g/mol. The third kappa shape index (κ3) is 3.88. The van der Waals surface area contributed by atoms with E-state index in [1.807, 2.05) is 0 Å². The fourth-order valence-electron chi connectivity index (χ4n) is 9.89. The Hall–Kier alpha value is -6.96. The SMILES string of the molecule is c1ccc(-c2ccc3ccc4c(-c5ccc6c(c5)oc5ccc7c(c56)-c5ccccc5C7(c5ccccc5)c5ccccc5)ccc5ccc2c3c54)cc1. The minimum Gasteiger partial charge on any atom is -0.456 e. The quantitative estimate of drug-likeness (QED) is 0.168. The first-order valence-corrected chi connectivity index (χ1v) is 18.8. The van der Waals surface area contributed by atoms with Crippen LogP contribution in [0.15, 0.2) is 199 Å². The van der Waals surface area contributed by atoms with Crippen LogP contribution in [0.25, 0.3) is 87.6 Å². The molecule has 0 fully saturated rings. The van der Waals surface area contributed by atoms with Crippen molar-refractivity contribution in [1.29, 1.82) is 0 Å². The molecule has 0 bridgehead atoms. The number of benzene rings is 10. The summed E-state index contributed by atoms with van der Waals surface area (Å²) in [5.74, 6) is 0. The van der Waals surface area contributed by atoms with Gasteiger partial charge in [0.05, 0.1) is 5.41 Å². The van der Waals surface area contributed by atoms with Gasteiger partial charge in [0.2, 0.25) is 0 Å². The van der Waals surface area contributed by atoms with Crippen LogP contribution >= 0.6 is 0 Å². The van der Waals surface area contributed by atoms with Gasteiger partial charge in [-0.3, -0.25) is 0 Å². The Labute approximate surface area is 312 Å². The van der Waals surface area contributed by atoms with Crippen molar-refractivity contribution in [2.24, 2.45) is 0 Å². The maximum atomic E-state index is 6.82. The summed E-state index contributed by atoms with van der Waals surface area (Å²) in [6.45, 7) is 0. The van der Waals surface area contributed by atoms with Crippen molar-refractivity contribution in [3.05, 3.63) is 216 Å². The van der Waals surface area contributed by atoms with Crippen LogP contribution in [0, 0.1) is 0 Å². The van der Waals surface area contributed by atoms with Crippen molar-refractivity contribution in [2.45, 2.75) is 5.41 Å². The van der Waals surface area contributed by atoms with E-state index in [-0.39, 0.29) is 0 Å². The molecule has 1 aromatic heterocycles. The summed E-state index contributed by atoms with van der Waals surface area (Å²) in [5.41, 5.74) is 13.9. The molecule has 1 aliphatic rings. The topological polar surface area (TPSA) is 13.1 Å². The van der Waals surface area contributed by atoms with Crippen LogP contribution in [-0.2, 0) is 5.41 Å². The first-order chi connectivity index (χ1) is 26.8. The second-order valence-electron chi connectivity index (χ2n) is 14.7. The third-order valence-electron chi connectivity index (χ3n) is 12.1. The highest BCUT2D eigenvalue weighted by atomic mass is 16.3. The molecule has 10 aromatic carbocycles. The predicted molar refractivity (Wildman–Crippen MR) is 226 cm³/mol. The van der Waals surface area contributed by atoms with Crippen molar-refractivity contribution in [2.75, 3.05) is 0 Å². The lowest BCUT2D eigenvalue weighted by atomic mass is 9.67. The maximum absolute atomic E-state index is 6.82. The van der Waals surface area contributed by atoms with Gasteiger partial charge < -0.3 is 4.42 Å². The van der Waals surface area contributed by atoms with Crippen LogP contribution in [0.2, 0.25) is 0 Å². The van der Waals surface area contributed by atoms with E-state index in [2.05, 4.69) is 194 Å². The van der Waals surface area contributed by atoms with Crippen LogP contribution < -0.4 is 0 Å². The molecule has 250 valence electrons. The van der Waals surface area contributed by atoms with E-state index in [0.717, 1.165) is 22.1 Å². The van der Waals surface area contributed by atoms with E-state index >= 15 is 0 Å². The molecule has 1 nitrogen and oxygen atoms in total. The van der Waals surface area contributed by atoms with E-state index in [4.69, 9.17) is 4.42 Å². The van der Waals surface area contributed by atoms with Crippen molar-refractivity contribution in [3.8, 4) is 33.4 Å². The Balaban J connectivity index is 1.09. The fourth-order valence-corrected chi connectivity index (χ4v) is 9.89. The first-order valence-electron chi connectivity index (χ1n) is 18.8. The van der Waals surface area contributed by atoms with Gasteiger partial charge in [-0.15, -0.1) is 0 Å². The van der Waals surface area contributed by atoms with Gasteiger partial charge in [-0.2, -0.15) is 0 Å². The summed E-state index contributed by atoms with van der Waals surface area (Å²) >= 11 is 0. The first kappa shape index (κ1) is 29.6. The lowest BCUT2D eigenvalue weighted by Crippen LogP contribution is -2.28. The zero-order valence-corrected chi connectivity index (χ0v) is 29.4. The zero-order valence-electron chi connectivity index (χ0n) is 29.4. The highest BCUT2D eigenvalue weighted by Gasteiger charge is 2.47. The zero-order chi connectivity index (χ0) is 35.4. The fraction of sp³-hybridized carbons (Fsp3) is 0.0189. The number of hydrogen-bond acceptors (Lipinski definition) is 1. The van der Waals surface area contributed by atoms with Crippen LogP contribution in [0.4, 0.5) is 0 Å². The lowest BCUT2D eigenvalue weighted by molar-refractivity contribution is 0.668.